The molecule has 0 aliphatic heterocycles. The Bertz CT molecular complexity index is 578. The van der Waals surface area contributed by atoms with Gasteiger partial charge in [-0.25, -0.2) is 0 Å². The van der Waals surface area contributed by atoms with E-state index in [2.05, 4.69) is 21.3 Å². The normalized spacial score (nSPS) is 12.8. The maximum Gasteiger partial charge on any atom is 0.322 e. The summed E-state index contributed by atoms with van der Waals surface area (Å²) in [6.45, 7) is 5.98. The molecule has 160 valence electrons. The molecule has 0 spiro atoms. The van der Waals surface area contributed by atoms with E-state index in [1.54, 1.807) is 13.8 Å². The smallest absolute Gasteiger partial charge is 0.322 e. The highest BCUT2D eigenvalue weighted by atomic mass is 16.4. The molecule has 28 heavy (non-hydrogen) atoms. The first kappa shape index (κ1) is 25.3. The van der Waals surface area contributed by atoms with Gasteiger partial charge in [-0.3, -0.25) is 24.0 Å². The van der Waals surface area contributed by atoms with Crippen molar-refractivity contribution in [2.45, 2.75) is 46.2 Å². The summed E-state index contributed by atoms with van der Waals surface area (Å²) in [5, 5.41) is 17.8. The number of hydrogen-bond acceptors (Lipinski definition) is 6. The van der Waals surface area contributed by atoms with Gasteiger partial charge < -0.3 is 32.1 Å². The van der Waals surface area contributed by atoms with Crippen LogP contribution in [0.3, 0.4) is 0 Å². The van der Waals surface area contributed by atoms with E-state index in [1.165, 1.54) is 0 Å². The van der Waals surface area contributed by atoms with E-state index in [9.17, 15) is 24.0 Å². The topological polar surface area (TPSA) is 180 Å². The lowest BCUT2D eigenvalue weighted by atomic mass is 10.0. The van der Waals surface area contributed by atoms with Gasteiger partial charge in [0.15, 0.2) is 0 Å². The first-order valence-corrected chi connectivity index (χ1v) is 9.02. The molecule has 0 heterocycles. The third-order valence-electron chi connectivity index (χ3n) is 3.67. The van der Waals surface area contributed by atoms with Crippen LogP contribution in [0.25, 0.3) is 0 Å². The van der Waals surface area contributed by atoms with Crippen molar-refractivity contribution in [2.24, 2.45) is 17.6 Å². The van der Waals surface area contributed by atoms with Gasteiger partial charge in [0.2, 0.25) is 23.6 Å². The molecule has 0 aromatic carbocycles. The predicted octanol–water partition coefficient (Wildman–Crippen LogP) is -2.07. The van der Waals surface area contributed by atoms with Crippen LogP contribution in [0.2, 0.25) is 0 Å². The van der Waals surface area contributed by atoms with Crippen LogP contribution >= 0.6 is 0 Å². The quantitative estimate of drug-likeness (QED) is 0.217. The lowest BCUT2D eigenvalue weighted by Gasteiger charge is -2.23. The summed E-state index contributed by atoms with van der Waals surface area (Å²) in [5.41, 5.74) is 5.79. The van der Waals surface area contributed by atoms with Crippen LogP contribution in [0.5, 0.6) is 0 Å². The van der Waals surface area contributed by atoms with Crippen LogP contribution in [0.1, 0.15) is 34.1 Å². The average molecular weight is 401 g/mol. The molecule has 4 amide bonds. The van der Waals surface area contributed by atoms with E-state index in [1.807, 2.05) is 13.8 Å². The minimum Gasteiger partial charge on any atom is -0.480 e. The summed E-state index contributed by atoms with van der Waals surface area (Å²) >= 11 is 0. The molecule has 0 bridgehead atoms. The first-order chi connectivity index (χ1) is 12.9. The van der Waals surface area contributed by atoms with Crippen LogP contribution in [0, 0.1) is 11.8 Å². The van der Waals surface area contributed by atoms with E-state index in [4.69, 9.17) is 10.8 Å². The van der Waals surface area contributed by atoms with Crippen molar-refractivity contribution >= 4 is 29.6 Å². The Morgan fingerprint density at radius 2 is 1.32 bits per heavy atom. The number of carboxylic acid groups (broad SMARTS) is 1. The van der Waals surface area contributed by atoms with Crippen molar-refractivity contribution in [2.75, 3.05) is 19.6 Å². The van der Waals surface area contributed by atoms with Gasteiger partial charge in [-0.05, 0) is 18.3 Å². The first-order valence-electron chi connectivity index (χ1n) is 9.02. The number of aliphatic carboxylic acids is 1. The molecule has 11 heteroatoms. The number of carbonyl (C=O) groups is 5. The zero-order chi connectivity index (χ0) is 21.9. The molecule has 0 aromatic heterocycles. The number of carboxylic acids is 1. The molecule has 2 unspecified atom stereocenters. The summed E-state index contributed by atoms with van der Waals surface area (Å²) in [4.78, 5) is 57.8. The van der Waals surface area contributed by atoms with Crippen LogP contribution in [0.4, 0.5) is 0 Å². The maximum absolute atomic E-state index is 12.3. The Hall–Kier alpha value is -2.69. The van der Waals surface area contributed by atoms with Crippen molar-refractivity contribution in [3.63, 3.8) is 0 Å². The minimum atomic E-state index is -1.21. The van der Waals surface area contributed by atoms with E-state index < -0.39 is 61.3 Å². The van der Waals surface area contributed by atoms with E-state index in [0.717, 1.165) is 0 Å². The molecule has 0 rings (SSSR count). The van der Waals surface area contributed by atoms with E-state index in [0.29, 0.717) is 6.42 Å². The summed E-state index contributed by atoms with van der Waals surface area (Å²) in [6, 6.07) is -1.60. The fraction of sp³-hybridized carbons (Fsp3) is 0.706. The predicted molar refractivity (Wildman–Crippen MR) is 101 cm³/mol. The molecule has 0 aliphatic rings. The third kappa shape index (κ3) is 11.1. The zero-order valence-electron chi connectivity index (χ0n) is 16.7. The zero-order valence-corrected chi connectivity index (χ0v) is 16.7. The molecule has 0 aromatic rings. The maximum atomic E-state index is 12.3. The van der Waals surface area contributed by atoms with Crippen LogP contribution in [-0.4, -0.2) is 66.4 Å². The van der Waals surface area contributed by atoms with E-state index in [-0.39, 0.29) is 11.8 Å². The number of carbonyl (C=O) groups excluding carboxylic acids is 4. The van der Waals surface area contributed by atoms with Crippen molar-refractivity contribution in [3.8, 4) is 0 Å². The summed E-state index contributed by atoms with van der Waals surface area (Å²) in [6.07, 6.45) is 0.363. The van der Waals surface area contributed by atoms with Gasteiger partial charge in [0.25, 0.3) is 0 Å². The van der Waals surface area contributed by atoms with Gasteiger partial charge in [0.05, 0.1) is 19.1 Å². The second kappa shape index (κ2) is 12.7. The standard InChI is InChI=1S/C17H31N5O6/c1-9(2)5-11(22-17(28)15(18)10(3)4)16(27)21-7-13(24)19-6-12(23)20-8-14(25)26/h9-11,15H,5-8,18H2,1-4H3,(H,19,24)(H,20,23)(H,21,27)(H,22,28)(H,25,26). The highest BCUT2D eigenvalue weighted by Crippen LogP contribution is 2.06. The summed E-state index contributed by atoms with van der Waals surface area (Å²) in [5.74, 6) is -3.48. The van der Waals surface area contributed by atoms with E-state index >= 15 is 0 Å². The average Bonchev–Trinajstić information content (AvgIpc) is 2.60. The minimum absolute atomic E-state index is 0.0965. The van der Waals surface area contributed by atoms with Gasteiger partial charge >= 0.3 is 5.97 Å². The highest BCUT2D eigenvalue weighted by molar-refractivity contribution is 5.92. The largest absolute Gasteiger partial charge is 0.480 e. The Morgan fingerprint density at radius 3 is 1.79 bits per heavy atom. The van der Waals surface area contributed by atoms with Gasteiger partial charge in [0, 0.05) is 0 Å². The number of nitrogens with two attached hydrogens (primary N) is 1. The molecule has 7 N–H and O–H groups in total. The molecule has 2 atom stereocenters. The van der Waals surface area contributed by atoms with Crippen LogP contribution < -0.4 is 27.0 Å². The molecule has 0 saturated heterocycles. The van der Waals surface area contributed by atoms with Gasteiger partial charge in [0.1, 0.15) is 12.6 Å². The monoisotopic (exact) mass is 401 g/mol. The SMILES string of the molecule is CC(C)CC(NC(=O)C(N)C(C)C)C(=O)NCC(=O)NCC(=O)NCC(=O)O. The molecule has 0 saturated carbocycles. The van der Waals surface area contributed by atoms with Crippen molar-refractivity contribution in [3.05, 3.63) is 0 Å². The Labute approximate surface area is 164 Å². The van der Waals surface area contributed by atoms with Crippen molar-refractivity contribution in [1.29, 1.82) is 0 Å². The Morgan fingerprint density at radius 1 is 0.821 bits per heavy atom. The van der Waals surface area contributed by atoms with Gasteiger partial charge in [-0.1, -0.05) is 27.7 Å². The summed E-state index contributed by atoms with van der Waals surface area (Å²) in [7, 11) is 0. The van der Waals surface area contributed by atoms with Crippen molar-refractivity contribution < 1.29 is 29.1 Å². The van der Waals surface area contributed by atoms with Gasteiger partial charge in [-0.15, -0.1) is 0 Å². The molecule has 0 aliphatic carbocycles. The molecular formula is C17H31N5O6. The van der Waals surface area contributed by atoms with Crippen LogP contribution in [0.15, 0.2) is 0 Å². The van der Waals surface area contributed by atoms with Gasteiger partial charge in [-0.2, -0.15) is 0 Å². The molecule has 0 fully saturated rings. The molecule has 11 nitrogen and oxygen atoms in total. The number of hydrogen-bond donors (Lipinski definition) is 6. The highest BCUT2D eigenvalue weighted by Gasteiger charge is 2.26. The number of amides is 4. The number of nitrogens with one attached hydrogen (secondary N) is 4. The summed E-state index contributed by atoms with van der Waals surface area (Å²) < 4.78 is 0. The molecule has 0 radical (unpaired) electrons. The lowest BCUT2D eigenvalue weighted by Crippen LogP contribution is -2.54. The molecular weight excluding hydrogens is 370 g/mol. The third-order valence-corrected chi connectivity index (χ3v) is 3.67. The second-order valence-corrected chi connectivity index (χ2v) is 7.13. The van der Waals surface area contributed by atoms with Crippen molar-refractivity contribution in [1.82, 2.24) is 21.3 Å². The fourth-order valence-electron chi connectivity index (χ4n) is 2.04. The Balaban J connectivity index is 4.53. The Kier molecular flexibility index (Phi) is 11.4. The second-order valence-electron chi connectivity index (χ2n) is 7.13. The van der Waals surface area contributed by atoms with Crippen LogP contribution in [-0.2, 0) is 24.0 Å². The number of rotatable bonds is 12. The fourth-order valence-corrected chi connectivity index (χ4v) is 2.04. The lowest BCUT2D eigenvalue weighted by molar-refractivity contribution is -0.137.